The lowest BCUT2D eigenvalue weighted by Crippen LogP contribution is -2.39. The number of alkyl halides is 3. The van der Waals surface area contributed by atoms with E-state index in [4.69, 9.17) is 5.11 Å². The van der Waals surface area contributed by atoms with Crippen molar-refractivity contribution < 1.29 is 23.1 Å². The lowest BCUT2D eigenvalue weighted by molar-refractivity contribution is -0.137. The van der Waals surface area contributed by atoms with Crippen LogP contribution >= 0.6 is 0 Å². The standard InChI is InChI=1S/C19H16F3N5O3/c1-11(10-28)25-17(29)14-7-16(15-5-4-12(8-24-15)19(20,21)22)26-27(18(14)30)13-3-2-6-23-9-13/h2-9,11,28H,10H2,1H3,(H,25,29). The van der Waals surface area contributed by atoms with E-state index in [0.717, 1.165) is 22.9 Å². The second-order valence-electron chi connectivity index (χ2n) is 6.36. The zero-order chi connectivity index (χ0) is 21.9. The number of aliphatic hydroxyl groups is 1. The van der Waals surface area contributed by atoms with Crippen LogP contribution in [0.5, 0.6) is 0 Å². The molecule has 0 radical (unpaired) electrons. The van der Waals surface area contributed by atoms with E-state index >= 15 is 0 Å². The molecule has 1 amide bonds. The fourth-order valence-corrected chi connectivity index (χ4v) is 2.50. The summed E-state index contributed by atoms with van der Waals surface area (Å²) in [5.41, 5.74) is -1.73. The van der Waals surface area contributed by atoms with E-state index in [1.165, 1.54) is 25.4 Å². The molecule has 8 nitrogen and oxygen atoms in total. The normalized spacial score (nSPS) is 12.4. The fourth-order valence-electron chi connectivity index (χ4n) is 2.50. The minimum atomic E-state index is -4.56. The van der Waals surface area contributed by atoms with Crippen LogP contribution in [0.4, 0.5) is 13.2 Å². The van der Waals surface area contributed by atoms with Gasteiger partial charge in [0.15, 0.2) is 0 Å². The number of aliphatic hydroxyl groups excluding tert-OH is 1. The first kappa shape index (κ1) is 21.1. The van der Waals surface area contributed by atoms with Gasteiger partial charge in [-0.05, 0) is 37.3 Å². The summed E-state index contributed by atoms with van der Waals surface area (Å²) >= 11 is 0. The van der Waals surface area contributed by atoms with E-state index in [1.54, 1.807) is 6.07 Å². The van der Waals surface area contributed by atoms with Crippen molar-refractivity contribution >= 4 is 5.91 Å². The summed E-state index contributed by atoms with van der Waals surface area (Å²) in [7, 11) is 0. The van der Waals surface area contributed by atoms with Crippen LogP contribution in [0.3, 0.4) is 0 Å². The van der Waals surface area contributed by atoms with Gasteiger partial charge in [0.1, 0.15) is 11.3 Å². The van der Waals surface area contributed by atoms with Crippen molar-refractivity contribution in [2.24, 2.45) is 0 Å². The zero-order valence-electron chi connectivity index (χ0n) is 15.6. The molecule has 3 aromatic rings. The van der Waals surface area contributed by atoms with Crippen LogP contribution in [0.1, 0.15) is 22.8 Å². The SMILES string of the molecule is CC(CO)NC(=O)c1cc(-c2ccc(C(F)(F)F)cn2)nn(-c2cccnc2)c1=O. The molecule has 156 valence electrons. The number of hydrogen-bond donors (Lipinski definition) is 2. The van der Waals surface area contributed by atoms with Crippen LogP contribution in [-0.4, -0.2) is 43.4 Å². The topological polar surface area (TPSA) is 110 Å². The Labute approximate surface area is 168 Å². The second kappa shape index (κ2) is 8.41. The molecule has 1 unspecified atom stereocenters. The number of aromatic nitrogens is 4. The number of rotatable bonds is 5. The number of carbonyl (C=O) groups is 1. The van der Waals surface area contributed by atoms with Crippen LogP contribution in [0.25, 0.3) is 17.1 Å². The Balaban J connectivity index is 2.14. The number of amides is 1. The molecule has 0 saturated carbocycles. The van der Waals surface area contributed by atoms with Crippen LogP contribution in [0, 0.1) is 0 Å². The fraction of sp³-hybridized carbons (Fsp3) is 0.211. The first-order valence-electron chi connectivity index (χ1n) is 8.71. The monoisotopic (exact) mass is 419 g/mol. The molecule has 0 saturated heterocycles. The third-order valence-electron chi connectivity index (χ3n) is 4.05. The Bertz CT molecular complexity index is 1100. The van der Waals surface area contributed by atoms with Crippen LogP contribution in [0.15, 0.2) is 53.7 Å². The summed E-state index contributed by atoms with van der Waals surface area (Å²) in [4.78, 5) is 33.0. The number of nitrogens with one attached hydrogen (secondary N) is 1. The molecule has 1 atom stereocenters. The Morgan fingerprint density at radius 3 is 2.57 bits per heavy atom. The summed E-state index contributed by atoms with van der Waals surface area (Å²) in [6.45, 7) is 1.19. The maximum atomic E-state index is 12.8. The molecule has 0 bridgehead atoms. The number of carbonyl (C=O) groups excluding carboxylic acids is 1. The molecule has 11 heteroatoms. The minimum absolute atomic E-state index is 0.00831. The predicted molar refractivity (Wildman–Crippen MR) is 99.9 cm³/mol. The van der Waals surface area contributed by atoms with Crippen LogP contribution < -0.4 is 10.9 Å². The highest BCUT2D eigenvalue weighted by atomic mass is 19.4. The molecule has 3 heterocycles. The Kier molecular flexibility index (Phi) is 5.92. The third-order valence-corrected chi connectivity index (χ3v) is 4.05. The summed E-state index contributed by atoms with van der Waals surface area (Å²) < 4.78 is 39.3. The molecule has 0 spiro atoms. The summed E-state index contributed by atoms with van der Waals surface area (Å²) in [5.74, 6) is -0.769. The molecule has 2 N–H and O–H groups in total. The highest BCUT2D eigenvalue weighted by Gasteiger charge is 2.31. The number of hydrogen-bond acceptors (Lipinski definition) is 6. The van der Waals surface area contributed by atoms with Crippen molar-refractivity contribution in [1.82, 2.24) is 25.1 Å². The van der Waals surface area contributed by atoms with E-state index < -0.39 is 29.2 Å². The van der Waals surface area contributed by atoms with E-state index in [9.17, 15) is 22.8 Å². The maximum Gasteiger partial charge on any atom is 0.417 e. The molecular weight excluding hydrogens is 403 g/mol. The lowest BCUT2D eigenvalue weighted by Gasteiger charge is -2.13. The quantitative estimate of drug-likeness (QED) is 0.653. The van der Waals surface area contributed by atoms with Gasteiger partial charge < -0.3 is 10.4 Å². The van der Waals surface area contributed by atoms with Crippen molar-refractivity contribution in [1.29, 1.82) is 0 Å². The zero-order valence-corrected chi connectivity index (χ0v) is 15.6. The Morgan fingerprint density at radius 2 is 2.00 bits per heavy atom. The van der Waals surface area contributed by atoms with Crippen molar-refractivity contribution in [3.63, 3.8) is 0 Å². The Hall–Kier alpha value is -3.60. The minimum Gasteiger partial charge on any atom is -0.394 e. The van der Waals surface area contributed by atoms with Gasteiger partial charge in [0.2, 0.25) is 0 Å². The van der Waals surface area contributed by atoms with E-state index in [2.05, 4.69) is 20.4 Å². The van der Waals surface area contributed by atoms with E-state index in [1.807, 2.05) is 0 Å². The van der Waals surface area contributed by atoms with Gasteiger partial charge in [-0.1, -0.05) is 0 Å². The van der Waals surface area contributed by atoms with Gasteiger partial charge in [-0.2, -0.15) is 23.0 Å². The maximum absolute atomic E-state index is 12.8. The average molecular weight is 419 g/mol. The van der Waals surface area contributed by atoms with E-state index in [0.29, 0.717) is 6.20 Å². The average Bonchev–Trinajstić information content (AvgIpc) is 2.73. The largest absolute Gasteiger partial charge is 0.417 e. The second-order valence-corrected chi connectivity index (χ2v) is 6.36. The molecule has 3 rings (SSSR count). The third kappa shape index (κ3) is 4.51. The van der Waals surface area contributed by atoms with Crippen molar-refractivity contribution in [2.45, 2.75) is 19.1 Å². The summed E-state index contributed by atoms with van der Waals surface area (Å²) in [6, 6.07) is 5.54. The van der Waals surface area contributed by atoms with Crippen LogP contribution in [0.2, 0.25) is 0 Å². The lowest BCUT2D eigenvalue weighted by atomic mass is 10.1. The van der Waals surface area contributed by atoms with Gasteiger partial charge in [-0.25, -0.2) is 0 Å². The molecule has 0 aromatic carbocycles. The number of pyridine rings is 2. The van der Waals surface area contributed by atoms with Gasteiger partial charge in [-0.3, -0.25) is 19.6 Å². The first-order chi connectivity index (χ1) is 14.2. The van der Waals surface area contributed by atoms with Gasteiger partial charge >= 0.3 is 6.18 Å². The first-order valence-corrected chi connectivity index (χ1v) is 8.71. The van der Waals surface area contributed by atoms with Gasteiger partial charge in [0.25, 0.3) is 11.5 Å². The summed E-state index contributed by atoms with van der Waals surface area (Å²) in [6.07, 6.45) is -1.09. The van der Waals surface area contributed by atoms with Crippen molar-refractivity contribution in [3.8, 4) is 17.1 Å². The molecule has 0 fully saturated rings. The Morgan fingerprint density at radius 1 is 1.23 bits per heavy atom. The molecule has 0 aliphatic rings. The predicted octanol–water partition coefficient (Wildman–Crippen LogP) is 1.82. The summed E-state index contributed by atoms with van der Waals surface area (Å²) in [5, 5.41) is 15.7. The van der Waals surface area contributed by atoms with Gasteiger partial charge in [-0.15, -0.1) is 0 Å². The molecular formula is C19H16F3N5O3. The van der Waals surface area contributed by atoms with Gasteiger partial charge in [0.05, 0.1) is 29.7 Å². The van der Waals surface area contributed by atoms with E-state index in [-0.39, 0.29) is 29.2 Å². The number of halogens is 3. The van der Waals surface area contributed by atoms with Crippen LogP contribution in [-0.2, 0) is 6.18 Å². The highest BCUT2D eigenvalue weighted by molar-refractivity contribution is 5.94. The van der Waals surface area contributed by atoms with Crippen molar-refractivity contribution in [2.75, 3.05) is 6.61 Å². The molecule has 0 aliphatic carbocycles. The highest BCUT2D eigenvalue weighted by Crippen LogP contribution is 2.29. The van der Waals surface area contributed by atoms with Crippen molar-refractivity contribution in [3.05, 3.63) is 70.4 Å². The number of nitrogens with zero attached hydrogens (tertiary/aromatic N) is 4. The molecule has 3 aromatic heterocycles. The molecule has 0 aliphatic heterocycles. The smallest absolute Gasteiger partial charge is 0.394 e. The van der Waals surface area contributed by atoms with Gasteiger partial charge in [0, 0.05) is 18.4 Å². The molecule has 30 heavy (non-hydrogen) atoms.